The van der Waals surface area contributed by atoms with Crippen LogP contribution in [0.15, 0.2) is 41.0 Å². The second-order valence-electron chi connectivity index (χ2n) is 6.04. The molecule has 25 heavy (non-hydrogen) atoms. The summed E-state index contributed by atoms with van der Waals surface area (Å²) >= 11 is 0. The molecule has 2 rings (SSSR count). The molecular formula is C20H22N2O3. The molecule has 1 aromatic carbocycles. The van der Waals surface area contributed by atoms with Crippen LogP contribution in [0, 0.1) is 25.2 Å². The molecule has 0 N–H and O–H groups in total. The summed E-state index contributed by atoms with van der Waals surface area (Å²) in [5.74, 6) is 0.477. The molecule has 0 aliphatic rings. The van der Waals surface area contributed by atoms with Crippen molar-refractivity contribution in [2.45, 2.75) is 39.7 Å². The Morgan fingerprint density at radius 2 is 2.00 bits per heavy atom. The zero-order valence-corrected chi connectivity index (χ0v) is 14.6. The maximum Gasteiger partial charge on any atom is 0.223 e. The number of amides is 1. The molecule has 0 saturated carbocycles. The lowest BCUT2D eigenvalue weighted by atomic mass is 9.99. The lowest BCUT2D eigenvalue weighted by Crippen LogP contribution is -2.31. The Morgan fingerprint density at radius 1 is 1.20 bits per heavy atom. The van der Waals surface area contributed by atoms with Crippen molar-refractivity contribution in [3.8, 4) is 6.07 Å². The first-order chi connectivity index (χ1) is 12.0. The van der Waals surface area contributed by atoms with E-state index >= 15 is 0 Å². The standard InChI is InChI=1S/C20H22N2O3/c1-15-6-7-16(2)18(13-15)19(23)8-9-20(24)22(11-4-10-21)14-17-5-3-12-25-17/h3,5-7,12-13H,4,8-9,11,14H2,1-2H3. The minimum atomic E-state index is -0.148. The molecule has 0 unspecified atom stereocenters. The van der Waals surface area contributed by atoms with E-state index in [4.69, 9.17) is 9.68 Å². The summed E-state index contributed by atoms with van der Waals surface area (Å²) < 4.78 is 5.27. The Morgan fingerprint density at radius 3 is 2.68 bits per heavy atom. The van der Waals surface area contributed by atoms with Gasteiger partial charge in [-0.05, 0) is 37.6 Å². The van der Waals surface area contributed by atoms with Gasteiger partial charge in [-0.1, -0.05) is 17.7 Å². The smallest absolute Gasteiger partial charge is 0.223 e. The van der Waals surface area contributed by atoms with Gasteiger partial charge >= 0.3 is 0 Å². The van der Waals surface area contributed by atoms with Gasteiger partial charge in [-0.15, -0.1) is 0 Å². The molecule has 2 aromatic rings. The summed E-state index contributed by atoms with van der Waals surface area (Å²) in [6.45, 7) is 4.47. The number of nitriles is 1. The topological polar surface area (TPSA) is 74.3 Å². The summed E-state index contributed by atoms with van der Waals surface area (Å²) in [4.78, 5) is 26.5. The lowest BCUT2D eigenvalue weighted by Gasteiger charge is -2.20. The summed E-state index contributed by atoms with van der Waals surface area (Å²) in [6.07, 6.45) is 2.08. The summed E-state index contributed by atoms with van der Waals surface area (Å²) in [6, 6.07) is 11.3. The number of carbonyl (C=O) groups is 2. The number of aryl methyl sites for hydroxylation is 2. The number of carbonyl (C=O) groups excluding carboxylic acids is 2. The first-order valence-corrected chi connectivity index (χ1v) is 8.29. The quantitative estimate of drug-likeness (QED) is 0.686. The van der Waals surface area contributed by atoms with Crippen LogP contribution < -0.4 is 0 Å². The first-order valence-electron chi connectivity index (χ1n) is 8.29. The molecule has 5 nitrogen and oxygen atoms in total. The van der Waals surface area contributed by atoms with Crippen LogP contribution >= 0.6 is 0 Å². The van der Waals surface area contributed by atoms with Gasteiger partial charge in [0.25, 0.3) is 0 Å². The molecule has 5 heteroatoms. The highest BCUT2D eigenvalue weighted by atomic mass is 16.3. The van der Waals surface area contributed by atoms with Crippen LogP contribution in [-0.2, 0) is 11.3 Å². The van der Waals surface area contributed by atoms with E-state index in [1.165, 1.54) is 0 Å². The van der Waals surface area contributed by atoms with Crippen LogP contribution in [0.4, 0.5) is 0 Å². The van der Waals surface area contributed by atoms with Crippen molar-refractivity contribution in [1.82, 2.24) is 4.90 Å². The zero-order chi connectivity index (χ0) is 18.2. The lowest BCUT2D eigenvalue weighted by molar-refractivity contribution is -0.132. The molecule has 1 amide bonds. The number of hydrogen-bond acceptors (Lipinski definition) is 4. The van der Waals surface area contributed by atoms with E-state index in [2.05, 4.69) is 0 Å². The Labute approximate surface area is 147 Å². The molecule has 0 atom stereocenters. The van der Waals surface area contributed by atoms with E-state index in [-0.39, 0.29) is 31.0 Å². The van der Waals surface area contributed by atoms with Crippen molar-refractivity contribution in [2.24, 2.45) is 0 Å². The largest absolute Gasteiger partial charge is 0.467 e. The SMILES string of the molecule is Cc1ccc(C)c(C(=O)CCC(=O)N(CCC#N)Cc2ccco2)c1. The fourth-order valence-corrected chi connectivity index (χ4v) is 2.62. The number of ketones is 1. The highest BCUT2D eigenvalue weighted by Crippen LogP contribution is 2.15. The second kappa shape index (κ2) is 8.84. The molecular weight excluding hydrogens is 316 g/mol. The fourth-order valence-electron chi connectivity index (χ4n) is 2.62. The van der Waals surface area contributed by atoms with Gasteiger partial charge in [-0.3, -0.25) is 9.59 Å². The van der Waals surface area contributed by atoms with Gasteiger partial charge in [-0.2, -0.15) is 5.26 Å². The van der Waals surface area contributed by atoms with Crippen LogP contribution in [-0.4, -0.2) is 23.1 Å². The molecule has 0 saturated heterocycles. The number of furan rings is 1. The summed E-state index contributed by atoms with van der Waals surface area (Å²) in [7, 11) is 0. The van der Waals surface area contributed by atoms with E-state index in [0.29, 0.717) is 24.4 Å². The van der Waals surface area contributed by atoms with Crippen LogP contribution in [0.25, 0.3) is 0 Å². The van der Waals surface area contributed by atoms with Crippen molar-refractivity contribution in [3.05, 3.63) is 59.0 Å². The second-order valence-corrected chi connectivity index (χ2v) is 6.04. The predicted octanol–water partition coefficient (Wildman–Crippen LogP) is 3.80. The third-order valence-electron chi connectivity index (χ3n) is 4.03. The molecule has 0 fully saturated rings. The zero-order valence-electron chi connectivity index (χ0n) is 14.6. The van der Waals surface area contributed by atoms with Gasteiger partial charge in [0.2, 0.25) is 5.91 Å². The highest BCUT2D eigenvalue weighted by Gasteiger charge is 2.18. The average Bonchev–Trinajstić information content (AvgIpc) is 3.11. The Kier molecular flexibility index (Phi) is 6.53. The molecule has 1 aromatic heterocycles. The number of benzene rings is 1. The van der Waals surface area contributed by atoms with Crippen molar-refractivity contribution < 1.29 is 14.0 Å². The van der Waals surface area contributed by atoms with E-state index < -0.39 is 0 Å². The number of Topliss-reactive ketones (excluding diaryl/α,β-unsaturated/α-hetero) is 1. The van der Waals surface area contributed by atoms with Gasteiger partial charge in [0.1, 0.15) is 5.76 Å². The fraction of sp³-hybridized carbons (Fsp3) is 0.350. The highest BCUT2D eigenvalue weighted by molar-refractivity contribution is 5.99. The monoisotopic (exact) mass is 338 g/mol. The normalized spacial score (nSPS) is 10.3. The van der Waals surface area contributed by atoms with E-state index in [0.717, 1.165) is 11.1 Å². The number of nitrogens with zero attached hydrogens (tertiary/aromatic N) is 2. The average molecular weight is 338 g/mol. The van der Waals surface area contributed by atoms with Gasteiger partial charge in [0, 0.05) is 24.9 Å². The first kappa shape index (κ1) is 18.5. The summed E-state index contributed by atoms with van der Waals surface area (Å²) in [5.41, 5.74) is 2.61. The van der Waals surface area contributed by atoms with Gasteiger partial charge in [-0.25, -0.2) is 0 Å². The molecule has 0 aliphatic heterocycles. The Bertz CT molecular complexity index is 773. The van der Waals surface area contributed by atoms with Crippen molar-refractivity contribution in [1.29, 1.82) is 5.26 Å². The minimum Gasteiger partial charge on any atom is -0.467 e. The van der Waals surface area contributed by atoms with E-state index in [1.54, 1.807) is 23.3 Å². The predicted molar refractivity (Wildman–Crippen MR) is 93.8 cm³/mol. The van der Waals surface area contributed by atoms with Crippen LogP contribution in [0.5, 0.6) is 0 Å². The Hall–Kier alpha value is -2.87. The van der Waals surface area contributed by atoms with E-state index in [9.17, 15) is 9.59 Å². The van der Waals surface area contributed by atoms with E-state index in [1.807, 2.05) is 38.1 Å². The maximum atomic E-state index is 12.5. The molecule has 0 radical (unpaired) electrons. The third kappa shape index (κ3) is 5.32. The van der Waals surface area contributed by atoms with Crippen molar-refractivity contribution in [3.63, 3.8) is 0 Å². The van der Waals surface area contributed by atoms with Gasteiger partial charge in [0.05, 0.1) is 25.3 Å². The van der Waals surface area contributed by atoms with Crippen LogP contribution in [0.3, 0.4) is 0 Å². The number of hydrogen-bond donors (Lipinski definition) is 0. The minimum absolute atomic E-state index is 0.0345. The van der Waals surface area contributed by atoms with Crippen LogP contribution in [0.1, 0.15) is 46.5 Å². The molecule has 0 bridgehead atoms. The third-order valence-corrected chi connectivity index (χ3v) is 4.03. The van der Waals surface area contributed by atoms with Crippen molar-refractivity contribution >= 4 is 11.7 Å². The van der Waals surface area contributed by atoms with Crippen LogP contribution in [0.2, 0.25) is 0 Å². The van der Waals surface area contributed by atoms with Gasteiger partial charge < -0.3 is 9.32 Å². The molecule has 0 spiro atoms. The number of rotatable bonds is 8. The molecule has 130 valence electrons. The van der Waals surface area contributed by atoms with Crippen molar-refractivity contribution in [2.75, 3.05) is 6.54 Å². The maximum absolute atomic E-state index is 12.5. The molecule has 0 aliphatic carbocycles. The molecule has 1 heterocycles. The summed E-state index contributed by atoms with van der Waals surface area (Å²) in [5, 5.41) is 8.78. The Balaban J connectivity index is 1.98. The van der Waals surface area contributed by atoms with Gasteiger partial charge in [0.15, 0.2) is 5.78 Å².